The van der Waals surface area contributed by atoms with Crippen LogP contribution in [0.15, 0.2) is 0 Å². The lowest BCUT2D eigenvalue weighted by atomic mass is 9.72. The van der Waals surface area contributed by atoms with Crippen molar-refractivity contribution in [2.45, 2.75) is 26.4 Å². The van der Waals surface area contributed by atoms with Crippen LogP contribution in [-0.2, 0) is 19.1 Å². The SMILES string of the molecule is CC(=O)OC[C@H]1C[C@H](O)[C@@H]1COC(C)=O. The number of rotatable bonds is 4. The summed E-state index contributed by atoms with van der Waals surface area (Å²) in [4.78, 5) is 21.2. The van der Waals surface area contributed by atoms with Crippen molar-refractivity contribution in [3.63, 3.8) is 0 Å². The smallest absolute Gasteiger partial charge is 0.302 e. The summed E-state index contributed by atoms with van der Waals surface area (Å²) in [5.41, 5.74) is 0. The number of hydrogen-bond acceptors (Lipinski definition) is 5. The number of carbonyl (C=O) groups excluding carboxylic acids is 2. The maximum atomic E-state index is 10.6. The molecule has 3 atom stereocenters. The fourth-order valence-corrected chi connectivity index (χ4v) is 1.65. The maximum absolute atomic E-state index is 10.6. The number of hydrogen-bond donors (Lipinski definition) is 1. The van der Waals surface area contributed by atoms with Crippen LogP contribution in [0.25, 0.3) is 0 Å². The largest absolute Gasteiger partial charge is 0.466 e. The normalized spacial score (nSPS) is 29.1. The summed E-state index contributed by atoms with van der Waals surface area (Å²) < 4.78 is 9.65. The van der Waals surface area contributed by atoms with E-state index in [1.807, 2.05) is 0 Å². The highest BCUT2D eigenvalue weighted by Crippen LogP contribution is 2.35. The minimum Gasteiger partial charge on any atom is -0.466 e. The summed E-state index contributed by atoms with van der Waals surface area (Å²) in [5, 5.41) is 9.42. The van der Waals surface area contributed by atoms with Crippen LogP contribution in [-0.4, -0.2) is 36.4 Å². The molecule has 15 heavy (non-hydrogen) atoms. The average Bonchev–Trinajstić information content (AvgIpc) is 2.11. The minimum absolute atomic E-state index is 0.100. The van der Waals surface area contributed by atoms with Gasteiger partial charge in [0.15, 0.2) is 0 Å². The van der Waals surface area contributed by atoms with E-state index in [0.717, 1.165) is 0 Å². The van der Waals surface area contributed by atoms with Crippen molar-refractivity contribution < 1.29 is 24.2 Å². The van der Waals surface area contributed by atoms with E-state index in [9.17, 15) is 14.7 Å². The summed E-state index contributed by atoms with van der Waals surface area (Å²) in [6.45, 7) is 3.16. The fraction of sp³-hybridized carbons (Fsp3) is 0.800. The van der Waals surface area contributed by atoms with Crippen molar-refractivity contribution in [2.24, 2.45) is 11.8 Å². The molecule has 0 aromatic rings. The Hall–Kier alpha value is -1.10. The molecule has 1 aliphatic rings. The first kappa shape index (κ1) is 12.0. The second-order valence-corrected chi connectivity index (χ2v) is 3.83. The van der Waals surface area contributed by atoms with Crippen molar-refractivity contribution in [3.05, 3.63) is 0 Å². The summed E-state index contributed by atoms with van der Waals surface area (Å²) in [6, 6.07) is 0. The van der Waals surface area contributed by atoms with Crippen LogP contribution in [0.3, 0.4) is 0 Å². The zero-order valence-corrected chi connectivity index (χ0v) is 8.93. The third-order valence-electron chi connectivity index (χ3n) is 2.62. The molecule has 0 radical (unpaired) electrons. The van der Waals surface area contributed by atoms with E-state index in [2.05, 4.69) is 0 Å². The molecule has 0 unspecified atom stereocenters. The summed E-state index contributed by atoms with van der Waals surface area (Å²) in [7, 11) is 0. The van der Waals surface area contributed by atoms with E-state index < -0.39 is 6.10 Å². The molecule has 0 heterocycles. The summed E-state index contributed by atoms with van der Waals surface area (Å²) >= 11 is 0. The Labute approximate surface area is 88.4 Å². The van der Waals surface area contributed by atoms with Gasteiger partial charge in [-0.15, -0.1) is 0 Å². The average molecular weight is 216 g/mol. The standard InChI is InChI=1S/C10H16O5/c1-6(11)14-4-8-3-10(13)9(8)5-15-7(2)12/h8-10,13H,3-5H2,1-2H3/t8-,9-,10+/m1/s1. The van der Waals surface area contributed by atoms with E-state index >= 15 is 0 Å². The first-order valence-electron chi connectivity index (χ1n) is 4.95. The Morgan fingerprint density at radius 3 is 2.20 bits per heavy atom. The van der Waals surface area contributed by atoms with Crippen molar-refractivity contribution in [3.8, 4) is 0 Å². The highest BCUT2D eigenvalue weighted by Gasteiger charge is 2.41. The molecule has 0 saturated heterocycles. The van der Waals surface area contributed by atoms with E-state index in [0.29, 0.717) is 13.0 Å². The first-order chi connectivity index (χ1) is 7.00. The van der Waals surface area contributed by atoms with Gasteiger partial charge in [0.2, 0.25) is 0 Å². The van der Waals surface area contributed by atoms with Crippen LogP contribution < -0.4 is 0 Å². The molecule has 1 aliphatic carbocycles. The molecule has 5 heteroatoms. The van der Waals surface area contributed by atoms with Gasteiger partial charge in [0.05, 0.1) is 19.3 Å². The Morgan fingerprint density at radius 1 is 1.20 bits per heavy atom. The molecule has 0 aromatic heterocycles. The Balaban J connectivity index is 2.27. The lowest BCUT2D eigenvalue weighted by Crippen LogP contribution is -2.46. The van der Waals surface area contributed by atoms with Crippen molar-refractivity contribution in [2.75, 3.05) is 13.2 Å². The fourth-order valence-electron chi connectivity index (χ4n) is 1.65. The number of aliphatic hydroxyl groups excluding tert-OH is 1. The molecule has 1 fully saturated rings. The lowest BCUT2D eigenvalue weighted by Gasteiger charge is -2.40. The number of esters is 2. The second kappa shape index (κ2) is 5.11. The van der Waals surface area contributed by atoms with Crippen LogP contribution in [0.4, 0.5) is 0 Å². The summed E-state index contributed by atoms with van der Waals surface area (Å²) in [5.74, 6) is -0.695. The zero-order valence-electron chi connectivity index (χ0n) is 8.93. The molecular weight excluding hydrogens is 200 g/mol. The topological polar surface area (TPSA) is 72.8 Å². The zero-order chi connectivity index (χ0) is 11.4. The minimum atomic E-state index is -0.454. The van der Waals surface area contributed by atoms with Gasteiger partial charge in [-0.2, -0.15) is 0 Å². The van der Waals surface area contributed by atoms with Gasteiger partial charge in [-0.3, -0.25) is 9.59 Å². The van der Waals surface area contributed by atoms with Gasteiger partial charge in [-0.05, 0) is 6.42 Å². The van der Waals surface area contributed by atoms with Gasteiger partial charge in [0.1, 0.15) is 0 Å². The summed E-state index contributed by atoms with van der Waals surface area (Å²) in [6.07, 6.45) is 0.143. The number of aliphatic hydroxyl groups is 1. The van der Waals surface area contributed by atoms with Gasteiger partial charge in [-0.1, -0.05) is 0 Å². The molecule has 0 amide bonds. The van der Waals surface area contributed by atoms with Crippen LogP contribution in [0.2, 0.25) is 0 Å². The van der Waals surface area contributed by atoms with Crippen LogP contribution in [0.5, 0.6) is 0 Å². The Bertz CT molecular complexity index is 250. The molecule has 0 spiro atoms. The molecule has 86 valence electrons. The van der Waals surface area contributed by atoms with Gasteiger partial charge in [-0.25, -0.2) is 0 Å². The van der Waals surface area contributed by atoms with E-state index in [1.54, 1.807) is 0 Å². The van der Waals surface area contributed by atoms with Gasteiger partial charge < -0.3 is 14.6 Å². The van der Waals surface area contributed by atoms with E-state index in [4.69, 9.17) is 9.47 Å². The van der Waals surface area contributed by atoms with Crippen LogP contribution >= 0.6 is 0 Å². The van der Waals surface area contributed by atoms with Crippen molar-refractivity contribution in [1.29, 1.82) is 0 Å². The molecule has 0 aromatic carbocycles. The maximum Gasteiger partial charge on any atom is 0.302 e. The molecular formula is C10H16O5. The van der Waals surface area contributed by atoms with Gasteiger partial charge in [0.25, 0.3) is 0 Å². The monoisotopic (exact) mass is 216 g/mol. The molecule has 5 nitrogen and oxygen atoms in total. The van der Waals surface area contributed by atoms with Crippen molar-refractivity contribution >= 4 is 11.9 Å². The van der Waals surface area contributed by atoms with Crippen LogP contribution in [0.1, 0.15) is 20.3 Å². The lowest BCUT2D eigenvalue weighted by molar-refractivity contribution is -0.158. The molecule has 0 bridgehead atoms. The van der Waals surface area contributed by atoms with Crippen LogP contribution in [0, 0.1) is 11.8 Å². The Morgan fingerprint density at radius 2 is 1.73 bits per heavy atom. The predicted octanol–water partition coefficient (Wildman–Crippen LogP) is 0.110. The van der Waals surface area contributed by atoms with E-state index in [-0.39, 0.29) is 30.4 Å². The first-order valence-corrected chi connectivity index (χ1v) is 4.95. The highest BCUT2D eigenvalue weighted by molar-refractivity contribution is 5.66. The number of ether oxygens (including phenoxy) is 2. The predicted molar refractivity (Wildman–Crippen MR) is 50.9 cm³/mol. The van der Waals surface area contributed by atoms with Gasteiger partial charge >= 0.3 is 11.9 Å². The molecule has 0 aliphatic heterocycles. The number of carbonyl (C=O) groups is 2. The van der Waals surface area contributed by atoms with Crippen molar-refractivity contribution in [1.82, 2.24) is 0 Å². The third kappa shape index (κ3) is 3.51. The molecule has 1 rings (SSSR count). The Kier molecular flexibility index (Phi) is 4.08. The quantitative estimate of drug-likeness (QED) is 0.675. The molecule has 1 saturated carbocycles. The van der Waals surface area contributed by atoms with E-state index in [1.165, 1.54) is 13.8 Å². The molecule has 1 N–H and O–H groups in total. The second-order valence-electron chi connectivity index (χ2n) is 3.83. The third-order valence-corrected chi connectivity index (χ3v) is 2.62. The highest BCUT2D eigenvalue weighted by atomic mass is 16.5. The van der Waals surface area contributed by atoms with Gasteiger partial charge in [0, 0.05) is 25.7 Å².